The highest BCUT2D eigenvalue weighted by Crippen LogP contribution is 2.21. The molecule has 1 aromatic carbocycles. The molecule has 0 radical (unpaired) electrons. The molecule has 0 aliphatic carbocycles. The highest BCUT2D eigenvalue weighted by molar-refractivity contribution is 5.94. The highest BCUT2D eigenvalue weighted by atomic mass is 16.5. The van der Waals surface area contributed by atoms with E-state index in [-0.39, 0.29) is 31.0 Å². The molecular weight excluding hydrogens is 318 g/mol. The number of nitrogens with one attached hydrogen (secondary N) is 2. The Balaban J connectivity index is 1.76. The molecule has 2 rings (SSSR count). The molecule has 1 atom stereocenters. The molecule has 0 bridgehead atoms. The molecule has 0 aromatic heterocycles. The number of hydrogen-bond donors (Lipinski definition) is 2. The summed E-state index contributed by atoms with van der Waals surface area (Å²) < 4.78 is 5.48. The second-order valence-corrected chi connectivity index (χ2v) is 6.93. The zero-order chi connectivity index (χ0) is 18.4. The van der Waals surface area contributed by atoms with Crippen LogP contribution in [0.25, 0.3) is 0 Å². The number of benzene rings is 1. The first-order valence-corrected chi connectivity index (χ1v) is 8.79. The van der Waals surface area contributed by atoms with Crippen LogP contribution >= 0.6 is 0 Å². The lowest BCUT2D eigenvalue weighted by molar-refractivity contribution is -0.123. The summed E-state index contributed by atoms with van der Waals surface area (Å²) in [5.74, 6) is -0.210. The van der Waals surface area contributed by atoms with Gasteiger partial charge in [0.15, 0.2) is 0 Å². The molecule has 1 heterocycles. The van der Waals surface area contributed by atoms with Crippen LogP contribution in [-0.2, 0) is 14.3 Å². The molecule has 6 nitrogen and oxygen atoms in total. The van der Waals surface area contributed by atoms with Crippen LogP contribution in [0.4, 0.5) is 5.69 Å². The normalized spacial score (nSPS) is 16.9. The number of ether oxygens (including phenoxy) is 1. The molecule has 1 aliphatic rings. The van der Waals surface area contributed by atoms with E-state index in [4.69, 9.17) is 4.74 Å². The quantitative estimate of drug-likeness (QED) is 0.789. The van der Waals surface area contributed by atoms with Crippen LogP contribution in [0.5, 0.6) is 0 Å². The summed E-state index contributed by atoms with van der Waals surface area (Å²) in [6, 6.07) is 4.09. The number of carbonyl (C=O) groups is 2. The van der Waals surface area contributed by atoms with Gasteiger partial charge in [-0.15, -0.1) is 0 Å². The predicted octanol–water partition coefficient (Wildman–Crippen LogP) is 1.78. The van der Waals surface area contributed by atoms with E-state index in [1.54, 1.807) is 11.9 Å². The van der Waals surface area contributed by atoms with Crippen molar-refractivity contribution in [2.24, 2.45) is 0 Å². The van der Waals surface area contributed by atoms with Crippen molar-refractivity contribution in [3.63, 3.8) is 0 Å². The first-order valence-electron chi connectivity index (χ1n) is 8.79. The lowest BCUT2D eigenvalue weighted by Gasteiger charge is -2.18. The number of nitrogens with zero attached hydrogens (tertiary/aromatic N) is 1. The van der Waals surface area contributed by atoms with E-state index in [1.807, 2.05) is 32.9 Å². The first-order chi connectivity index (χ1) is 11.8. The van der Waals surface area contributed by atoms with Gasteiger partial charge in [0.2, 0.25) is 11.8 Å². The molecule has 1 fully saturated rings. The summed E-state index contributed by atoms with van der Waals surface area (Å²) in [5.41, 5.74) is 4.12. The van der Waals surface area contributed by atoms with E-state index in [2.05, 4.69) is 10.6 Å². The van der Waals surface area contributed by atoms with Crippen molar-refractivity contribution in [2.75, 3.05) is 38.6 Å². The van der Waals surface area contributed by atoms with E-state index in [9.17, 15) is 9.59 Å². The second-order valence-electron chi connectivity index (χ2n) is 6.93. The Morgan fingerprint density at radius 1 is 1.16 bits per heavy atom. The topological polar surface area (TPSA) is 70.7 Å². The zero-order valence-corrected chi connectivity index (χ0v) is 15.6. The molecule has 0 saturated carbocycles. The fourth-order valence-corrected chi connectivity index (χ4v) is 3.19. The van der Waals surface area contributed by atoms with Crippen molar-refractivity contribution in [1.29, 1.82) is 0 Å². The summed E-state index contributed by atoms with van der Waals surface area (Å²) in [6.45, 7) is 7.68. The molecular formula is C19H29N3O3. The van der Waals surface area contributed by atoms with E-state index in [1.165, 1.54) is 5.56 Å². The van der Waals surface area contributed by atoms with Crippen molar-refractivity contribution in [2.45, 2.75) is 39.7 Å². The molecule has 138 valence electrons. The Hall–Kier alpha value is -1.92. The maximum Gasteiger partial charge on any atom is 0.238 e. The second kappa shape index (κ2) is 8.97. The average Bonchev–Trinajstić information content (AvgIpc) is 3.02. The van der Waals surface area contributed by atoms with Crippen LogP contribution < -0.4 is 10.6 Å². The minimum absolute atomic E-state index is 0.0894. The Labute approximate surface area is 149 Å². The monoisotopic (exact) mass is 347 g/mol. The Morgan fingerprint density at radius 2 is 1.80 bits per heavy atom. The van der Waals surface area contributed by atoms with Gasteiger partial charge in [-0.1, -0.05) is 17.7 Å². The van der Waals surface area contributed by atoms with Gasteiger partial charge in [-0.2, -0.15) is 0 Å². The van der Waals surface area contributed by atoms with Gasteiger partial charge in [0.25, 0.3) is 0 Å². The van der Waals surface area contributed by atoms with Crippen LogP contribution in [0.3, 0.4) is 0 Å². The summed E-state index contributed by atoms with van der Waals surface area (Å²) in [4.78, 5) is 25.9. The van der Waals surface area contributed by atoms with Gasteiger partial charge in [0, 0.05) is 18.8 Å². The molecule has 0 spiro atoms. The van der Waals surface area contributed by atoms with Crippen molar-refractivity contribution >= 4 is 17.5 Å². The van der Waals surface area contributed by atoms with Gasteiger partial charge in [0.1, 0.15) is 0 Å². The predicted molar refractivity (Wildman–Crippen MR) is 98.8 cm³/mol. The maximum absolute atomic E-state index is 12.3. The first kappa shape index (κ1) is 19.4. The number of likely N-dealkylation sites (N-methyl/N-ethyl adjacent to an activating group) is 1. The van der Waals surface area contributed by atoms with E-state index in [0.717, 1.165) is 36.3 Å². The number of carbonyl (C=O) groups excluding carboxylic acids is 2. The van der Waals surface area contributed by atoms with Crippen molar-refractivity contribution in [3.8, 4) is 0 Å². The van der Waals surface area contributed by atoms with Crippen molar-refractivity contribution in [1.82, 2.24) is 10.2 Å². The van der Waals surface area contributed by atoms with E-state index in [0.29, 0.717) is 6.54 Å². The van der Waals surface area contributed by atoms with E-state index >= 15 is 0 Å². The fourth-order valence-electron chi connectivity index (χ4n) is 3.19. The summed E-state index contributed by atoms with van der Waals surface area (Å²) in [6.07, 6.45) is 2.18. The smallest absolute Gasteiger partial charge is 0.238 e. The van der Waals surface area contributed by atoms with Crippen molar-refractivity contribution < 1.29 is 14.3 Å². The third-order valence-electron chi connectivity index (χ3n) is 4.32. The highest BCUT2D eigenvalue weighted by Gasteiger charge is 2.17. The lowest BCUT2D eigenvalue weighted by atomic mass is 10.1. The minimum Gasteiger partial charge on any atom is -0.376 e. The van der Waals surface area contributed by atoms with Crippen LogP contribution in [0.1, 0.15) is 29.5 Å². The van der Waals surface area contributed by atoms with Gasteiger partial charge in [-0.05, 0) is 51.8 Å². The summed E-state index contributed by atoms with van der Waals surface area (Å²) in [5, 5.41) is 5.82. The zero-order valence-electron chi connectivity index (χ0n) is 15.6. The largest absolute Gasteiger partial charge is 0.376 e. The van der Waals surface area contributed by atoms with Crippen LogP contribution in [0, 0.1) is 20.8 Å². The molecule has 2 amide bonds. The van der Waals surface area contributed by atoms with Gasteiger partial charge >= 0.3 is 0 Å². The minimum atomic E-state index is -0.121. The molecule has 1 aromatic rings. The van der Waals surface area contributed by atoms with Gasteiger partial charge in [0.05, 0.1) is 19.2 Å². The Bertz CT molecular complexity index is 601. The lowest BCUT2D eigenvalue weighted by Crippen LogP contribution is -2.41. The van der Waals surface area contributed by atoms with Crippen molar-refractivity contribution in [3.05, 3.63) is 28.8 Å². The fraction of sp³-hybridized carbons (Fsp3) is 0.579. The van der Waals surface area contributed by atoms with Crippen LogP contribution in [0.15, 0.2) is 12.1 Å². The SMILES string of the molecule is Cc1cc(C)c(NC(=O)CN(C)CC(=O)NC[C@H]2CCCO2)c(C)c1. The molecule has 25 heavy (non-hydrogen) atoms. The number of hydrogen-bond acceptors (Lipinski definition) is 4. The van der Waals surface area contributed by atoms with E-state index < -0.39 is 0 Å². The van der Waals surface area contributed by atoms with Crippen LogP contribution in [0.2, 0.25) is 0 Å². The number of anilines is 1. The summed E-state index contributed by atoms with van der Waals surface area (Å²) in [7, 11) is 1.76. The van der Waals surface area contributed by atoms with Crippen LogP contribution in [-0.4, -0.2) is 56.1 Å². The maximum atomic E-state index is 12.3. The van der Waals surface area contributed by atoms with Gasteiger partial charge < -0.3 is 15.4 Å². The average molecular weight is 347 g/mol. The van der Waals surface area contributed by atoms with Gasteiger partial charge in [-0.3, -0.25) is 14.5 Å². The Morgan fingerprint density at radius 3 is 2.40 bits per heavy atom. The third-order valence-corrected chi connectivity index (χ3v) is 4.32. The number of amides is 2. The Kier molecular flexibility index (Phi) is 6.96. The molecule has 1 saturated heterocycles. The number of aryl methyl sites for hydroxylation is 3. The number of rotatable bonds is 7. The molecule has 2 N–H and O–H groups in total. The molecule has 6 heteroatoms. The molecule has 1 aliphatic heterocycles. The standard InChI is InChI=1S/C19H29N3O3/c1-13-8-14(2)19(15(3)9-13)21-18(24)12-22(4)11-17(23)20-10-16-6-5-7-25-16/h8-9,16H,5-7,10-12H2,1-4H3,(H,20,23)(H,21,24)/t16-/m1/s1. The molecule has 0 unspecified atom stereocenters. The van der Waals surface area contributed by atoms with Gasteiger partial charge in [-0.25, -0.2) is 0 Å². The summed E-state index contributed by atoms with van der Waals surface area (Å²) >= 11 is 0. The third kappa shape index (κ3) is 6.14.